The van der Waals surface area contributed by atoms with E-state index in [2.05, 4.69) is 55.5 Å². The molecule has 0 saturated carbocycles. The molecule has 0 bridgehead atoms. The second-order valence-electron chi connectivity index (χ2n) is 9.26. The number of anilines is 1. The average Bonchev–Trinajstić information content (AvgIpc) is 2.86. The van der Waals surface area contributed by atoms with Crippen LogP contribution in [0.5, 0.6) is 23.0 Å². The number of pyridine rings is 1. The highest BCUT2D eigenvalue weighted by Crippen LogP contribution is 2.30. The van der Waals surface area contributed by atoms with Gasteiger partial charge in [0.05, 0.1) is 15.5 Å². The SMILES string of the molecule is CC(C)(C)NC(=O)NS(=O)(=O)c1cnccc1Oc1cccc(I)c1.Nc1ccccc1Oc1ccccc1I. The fourth-order valence-electron chi connectivity index (χ4n) is 3.07. The highest BCUT2D eigenvalue weighted by atomic mass is 127. The number of sulfonamides is 1. The van der Waals surface area contributed by atoms with E-state index in [0.29, 0.717) is 17.2 Å². The van der Waals surface area contributed by atoms with Crippen molar-refractivity contribution in [3.8, 4) is 23.0 Å². The molecular weight excluding hydrogens is 758 g/mol. The van der Waals surface area contributed by atoms with Crippen molar-refractivity contribution in [1.82, 2.24) is 15.0 Å². The molecule has 4 N–H and O–H groups in total. The number of carbonyl (C=O) groups excluding carboxylic acids is 1. The second kappa shape index (κ2) is 14.0. The first-order valence-electron chi connectivity index (χ1n) is 11.8. The number of amides is 2. The van der Waals surface area contributed by atoms with Gasteiger partial charge < -0.3 is 20.5 Å². The Balaban J connectivity index is 0.000000249. The number of nitrogens with zero attached hydrogens (tertiary/aromatic N) is 1. The summed E-state index contributed by atoms with van der Waals surface area (Å²) in [6.07, 6.45) is 2.55. The van der Waals surface area contributed by atoms with Gasteiger partial charge in [0.15, 0.2) is 5.75 Å². The summed E-state index contributed by atoms with van der Waals surface area (Å²) in [6, 6.07) is 23.1. The van der Waals surface area contributed by atoms with Gasteiger partial charge in [-0.05, 0) is 108 Å². The Hall–Kier alpha value is -3.11. The number of ether oxygens (including phenoxy) is 2. The summed E-state index contributed by atoms with van der Waals surface area (Å²) in [6.45, 7) is 5.23. The van der Waals surface area contributed by atoms with E-state index in [0.717, 1.165) is 19.1 Å². The molecule has 0 saturated heterocycles. The minimum absolute atomic E-state index is 0.0769. The molecule has 0 spiro atoms. The lowest BCUT2D eigenvalue weighted by atomic mass is 10.1. The van der Waals surface area contributed by atoms with E-state index in [4.69, 9.17) is 15.2 Å². The molecule has 40 heavy (non-hydrogen) atoms. The number of para-hydroxylation sites is 3. The zero-order valence-electron chi connectivity index (χ0n) is 21.9. The molecule has 4 aromatic rings. The maximum Gasteiger partial charge on any atom is 0.329 e. The number of halogens is 2. The van der Waals surface area contributed by atoms with Gasteiger partial charge in [-0.2, -0.15) is 0 Å². The predicted octanol–water partition coefficient (Wildman–Crippen LogP) is 6.93. The van der Waals surface area contributed by atoms with E-state index in [1.54, 1.807) is 39.0 Å². The summed E-state index contributed by atoms with van der Waals surface area (Å²) in [4.78, 5) is 15.5. The number of rotatable bonds is 6. The van der Waals surface area contributed by atoms with Gasteiger partial charge >= 0.3 is 6.03 Å². The molecule has 0 aliphatic heterocycles. The third kappa shape index (κ3) is 9.82. The molecule has 0 fully saturated rings. The number of nitrogen functional groups attached to an aromatic ring is 1. The van der Waals surface area contributed by atoms with Crippen molar-refractivity contribution in [2.45, 2.75) is 31.2 Å². The quantitative estimate of drug-likeness (QED) is 0.143. The molecule has 210 valence electrons. The largest absolute Gasteiger partial charge is 0.456 e. The Morgan fingerprint density at radius 3 is 2.20 bits per heavy atom. The van der Waals surface area contributed by atoms with Crippen LogP contribution in [-0.4, -0.2) is 25.0 Å². The van der Waals surface area contributed by atoms with E-state index in [1.807, 2.05) is 59.3 Å². The van der Waals surface area contributed by atoms with Crippen molar-refractivity contribution in [3.05, 3.63) is 98.4 Å². The first kappa shape index (κ1) is 31.4. The molecule has 0 atom stereocenters. The van der Waals surface area contributed by atoms with Crippen LogP contribution < -0.4 is 25.2 Å². The summed E-state index contributed by atoms with van der Waals surface area (Å²) >= 11 is 4.36. The normalized spacial score (nSPS) is 11.0. The third-order valence-electron chi connectivity index (χ3n) is 4.75. The Bertz CT molecular complexity index is 1530. The van der Waals surface area contributed by atoms with Gasteiger partial charge in [0, 0.05) is 21.4 Å². The fourth-order valence-corrected chi connectivity index (χ4v) is 5.06. The van der Waals surface area contributed by atoms with Crippen LogP contribution in [0.25, 0.3) is 0 Å². The van der Waals surface area contributed by atoms with Crippen LogP contribution in [0.1, 0.15) is 20.8 Å². The predicted molar refractivity (Wildman–Crippen MR) is 172 cm³/mol. The lowest BCUT2D eigenvalue weighted by molar-refractivity contribution is 0.237. The molecule has 3 aromatic carbocycles. The van der Waals surface area contributed by atoms with E-state index < -0.39 is 21.6 Å². The van der Waals surface area contributed by atoms with E-state index >= 15 is 0 Å². The number of aromatic nitrogens is 1. The number of urea groups is 1. The molecule has 1 heterocycles. The topological polar surface area (TPSA) is 133 Å². The number of hydrogen-bond donors (Lipinski definition) is 3. The van der Waals surface area contributed by atoms with Gasteiger partial charge in [0.1, 0.15) is 22.1 Å². The van der Waals surface area contributed by atoms with Crippen molar-refractivity contribution >= 4 is 66.9 Å². The number of nitrogens with one attached hydrogen (secondary N) is 2. The van der Waals surface area contributed by atoms with Crippen molar-refractivity contribution in [2.24, 2.45) is 0 Å². The van der Waals surface area contributed by atoms with E-state index in [9.17, 15) is 13.2 Å². The van der Waals surface area contributed by atoms with Crippen molar-refractivity contribution < 1.29 is 22.7 Å². The van der Waals surface area contributed by atoms with Crippen LogP contribution in [-0.2, 0) is 10.0 Å². The Kier molecular flexibility index (Phi) is 11.0. The maximum absolute atomic E-state index is 12.5. The Labute approximate surface area is 261 Å². The number of benzene rings is 3. The fraction of sp³-hybridized carbons (Fsp3) is 0.143. The summed E-state index contributed by atoms with van der Waals surface area (Å²) in [5, 5.41) is 2.53. The van der Waals surface area contributed by atoms with Crippen LogP contribution in [0.15, 0.2) is 96.2 Å². The van der Waals surface area contributed by atoms with Gasteiger partial charge in [-0.15, -0.1) is 0 Å². The number of nitrogens with two attached hydrogens (primary N) is 1. The zero-order valence-corrected chi connectivity index (χ0v) is 27.0. The second-order valence-corrected chi connectivity index (χ2v) is 13.3. The molecule has 12 heteroatoms. The van der Waals surface area contributed by atoms with Crippen LogP contribution in [0.3, 0.4) is 0 Å². The standard InChI is InChI=1S/C16H18IN3O4S.C12H10INO/c1-16(2,3)19-15(21)20-25(22,23)14-10-18-8-7-13(14)24-12-6-4-5-11(17)9-12;13-9-5-1-3-7-11(9)15-12-8-4-2-6-10(12)14/h4-10H,1-3H3,(H2,19,20,21);1-8H,14H2. The molecule has 0 unspecified atom stereocenters. The van der Waals surface area contributed by atoms with E-state index in [-0.39, 0.29) is 10.6 Å². The monoisotopic (exact) mass is 786 g/mol. The Morgan fingerprint density at radius 2 is 1.55 bits per heavy atom. The van der Waals surface area contributed by atoms with Crippen LogP contribution >= 0.6 is 45.2 Å². The zero-order chi connectivity index (χ0) is 29.3. The van der Waals surface area contributed by atoms with Gasteiger partial charge in [-0.3, -0.25) is 4.98 Å². The van der Waals surface area contributed by atoms with Gasteiger partial charge in [-0.25, -0.2) is 17.9 Å². The number of carbonyl (C=O) groups is 1. The van der Waals surface area contributed by atoms with Crippen LogP contribution in [0, 0.1) is 7.14 Å². The van der Waals surface area contributed by atoms with E-state index in [1.165, 1.54) is 12.3 Å². The highest BCUT2D eigenvalue weighted by molar-refractivity contribution is 14.1. The van der Waals surface area contributed by atoms with Crippen molar-refractivity contribution in [3.63, 3.8) is 0 Å². The lowest BCUT2D eigenvalue weighted by Gasteiger charge is -2.21. The molecule has 0 radical (unpaired) electrons. The molecule has 9 nitrogen and oxygen atoms in total. The summed E-state index contributed by atoms with van der Waals surface area (Å²) < 4.78 is 40.4. The van der Waals surface area contributed by atoms with Gasteiger partial charge in [0.2, 0.25) is 0 Å². The van der Waals surface area contributed by atoms with Crippen LogP contribution in [0.2, 0.25) is 0 Å². The summed E-state index contributed by atoms with van der Waals surface area (Å²) in [5.41, 5.74) is 5.87. The highest BCUT2D eigenvalue weighted by Gasteiger charge is 2.25. The molecule has 4 rings (SSSR count). The van der Waals surface area contributed by atoms with Crippen molar-refractivity contribution in [2.75, 3.05) is 5.73 Å². The maximum atomic E-state index is 12.5. The Morgan fingerprint density at radius 1 is 0.875 bits per heavy atom. The molecular formula is C28H28I2N4O5S. The molecule has 1 aromatic heterocycles. The average molecular weight is 786 g/mol. The minimum Gasteiger partial charge on any atom is -0.456 e. The first-order chi connectivity index (χ1) is 18.8. The van der Waals surface area contributed by atoms with Gasteiger partial charge in [0.25, 0.3) is 10.0 Å². The third-order valence-corrected chi connectivity index (χ3v) is 7.65. The first-order valence-corrected chi connectivity index (χ1v) is 15.5. The summed E-state index contributed by atoms with van der Waals surface area (Å²) in [7, 11) is -4.14. The minimum atomic E-state index is -4.14. The molecule has 2 amide bonds. The molecule has 0 aliphatic rings. The lowest BCUT2D eigenvalue weighted by Crippen LogP contribution is -2.48. The summed E-state index contributed by atoms with van der Waals surface area (Å²) in [5.74, 6) is 2.08. The molecule has 0 aliphatic carbocycles. The van der Waals surface area contributed by atoms with Crippen LogP contribution in [0.4, 0.5) is 10.5 Å². The van der Waals surface area contributed by atoms with Crippen molar-refractivity contribution in [1.29, 1.82) is 0 Å². The number of hydrogen-bond acceptors (Lipinski definition) is 7. The smallest absolute Gasteiger partial charge is 0.329 e. The van der Waals surface area contributed by atoms with Gasteiger partial charge in [-0.1, -0.05) is 30.3 Å².